The Hall–Kier alpha value is -2.18. The Kier molecular flexibility index (Phi) is 6.80. The van der Waals surface area contributed by atoms with E-state index in [1.807, 2.05) is 30.3 Å². The van der Waals surface area contributed by atoms with Crippen molar-refractivity contribution in [1.29, 1.82) is 0 Å². The molecular formula is C20H25N3O2S. The highest BCUT2D eigenvalue weighted by Crippen LogP contribution is 2.25. The number of carbonyl (C=O) groups is 2. The standard InChI is InChI=1S/C20H25N3O2S/c24-19(21-13-16-7-3-1-4-8-16)20(25)22-14-18(17-9-12-26-15-17)23-10-5-2-6-11-23/h1,3-4,7-9,12,15,18H,2,5-6,10-11,13-14H2,(H,21,24)(H,22,25). The topological polar surface area (TPSA) is 61.4 Å². The zero-order chi connectivity index (χ0) is 18.2. The summed E-state index contributed by atoms with van der Waals surface area (Å²) in [5.74, 6) is -1.16. The molecule has 1 fully saturated rings. The Morgan fingerprint density at radius 2 is 1.73 bits per heavy atom. The fraction of sp³-hybridized carbons (Fsp3) is 0.400. The molecule has 0 aliphatic carbocycles. The number of piperidine rings is 1. The molecular weight excluding hydrogens is 346 g/mol. The highest BCUT2D eigenvalue weighted by molar-refractivity contribution is 7.07. The number of carbonyl (C=O) groups excluding carboxylic acids is 2. The van der Waals surface area contributed by atoms with Crippen LogP contribution in [0.4, 0.5) is 0 Å². The van der Waals surface area contributed by atoms with Gasteiger partial charge < -0.3 is 10.6 Å². The third-order valence-electron chi connectivity index (χ3n) is 4.72. The van der Waals surface area contributed by atoms with Crippen molar-refractivity contribution >= 4 is 23.2 Å². The first-order chi connectivity index (χ1) is 12.7. The molecule has 6 heteroatoms. The molecule has 0 saturated carbocycles. The normalized spacial score (nSPS) is 16.0. The summed E-state index contributed by atoms with van der Waals surface area (Å²) in [6.07, 6.45) is 3.64. The van der Waals surface area contributed by atoms with Gasteiger partial charge in [0.25, 0.3) is 0 Å². The van der Waals surface area contributed by atoms with Gasteiger partial charge in [0.1, 0.15) is 0 Å². The second-order valence-electron chi connectivity index (χ2n) is 6.55. The highest BCUT2D eigenvalue weighted by Gasteiger charge is 2.24. The lowest BCUT2D eigenvalue weighted by Gasteiger charge is -2.34. The van der Waals surface area contributed by atoms with Gasteiger partial charge in [0.15, 0.2) is 0 Å². The van der Waals surface area contributed by atoms with Crippen LogP contribution >= 0.6 is 11.3 Å². The molecule has 2 amide bonds. The molecule has 5 nitrogen and oxygen atoms in total. The van der Waals surface area contributed by atoms with Crippen molar-refractivity contribution in [2.45, 2.75) is 31.8 Å². The van der Waals surface area contributed by atoms with Crippen LogP contribution in [-0.4, -0.2) is 36.3 Å². The largest absolute Gasteiger partial charge is 0.346 e. The van der Waals surface area contributed by atoms with Gasteiger partial charge in [-0.3, -0.25) is 14.5 Å². The number of nitrogens with zero attached hydrogens (tertiary/aromatic N) is 1. The Bertz CT molecular complexity index is 697. The van der Waals surface area contributed by atoms with E-state index in [0.717, 1.165) is 18.7 Å². The van der Waals surface area contributed by atoms with E-state index in [1.54, 1.807) is 11.3 Å². The molecule has 138 valence electrons. The monoisotopic (exact) mass is 371 g/mol. The van der Waals surface area contributed by atoms with E-state index >= 15 is 0 Å². The average molecular weight is 372 g/mol. The van der Waals surface area contributed by atoms with Crippen molar-refractivity contribution in [3.8, 4) is 0 Å². The molecule has 1 aliphatic rings. The van der Waals surface area contributed by atoms with Gasteiger partial charge in [-0.1, -0.05) is 36.8 Å². The third-order valence-corrected chi connectivity index (χ3v) is 5.42. The molecule has 0 radical (unpaired) electrons. The van der Waals surface area contributed by atoms with E-state index < -0.39 is 11.8 Å². The lowest BCUT2D eigenvalue weighted by atomic mass is 10.0. The lowest BCUT2D eigenvalue weighted by molar-refractivity contribution is -0.139. The molecule has 1 aliphatic heterocycles. The van der Waals surface area contributed by atoms with Gasteiger partial charge in [0, 0.05) is 13.1 Å². The van der Waals surface area contributed by atoms with Crippen LogP contribution in [0.15, 0.2) is 47.2 Å². The molecule has 1 saturated heterocycles. The van der Waals surface area contributed by atoms with Crippen LogP contribution in [0.2, 0.25) is 0 Å². The van der Waals surface area contributed by atoms with Crippen molar-refractivity contribution in [2.24, 2.45) is 0 Å². The summed E-state index contributed by atoms with van der Waals surface area (Å²) in [7, 11) is 0. The second-order valence-corrected chi connectivity index (χ2v) is 7.33. The minimum atomic E-state index is -0.587. The quantitative estimate of drug-likeness (QED) is 0.768. The molecule has 1 aromatic carbocycles. The summed E-state index contributed by atoms with van der Waals surface area (Å²) in [6, 6.07) is 11.8. The molecule has 2 N–H and O–H groups in total. The van der Waals surface area contributed by atoms with E-state index in [0.29, 0.717) is 13.1 Å². The molecule has 0 spiro atoms. The van der Waals surface area contributed by atoms with E-state index in [9.17, 15) is 9.59 Å². The minimum Gasteiger partial charge on any atom is -0.346 e. The molecule has 26 heavy (non-hydrogen) atoms. The van der Waals surface area contributed by atoms with Gasteiger partial charge in [-0.2, -0.15) is 11.3 Å². The van der Waals surface area contributed by atoms with Gasteiger partial charge in [-0.25, -0.2) is 0 Å². The van der Waals surface area contributed by atoms with Gasteiger partial charge in [-0.05, 0) is 53.9 Å². The summed E-state index contributed by atoms with van der Waals surface area (Å²) in [6.45, 7) is 2.88. The number of nitrogens with one attached hydrogen (secondary N) is 2. The van der Waals surface area contributed by atoms with Gasteiger partial charge >= 0.3 is 11.8 Å². The summed E-state index contributed by atoms with van der Waals surface area (Å²) < 4.78 is 0. The maximum absolute atomic E-state index is 12.2. The van der Waals surface area contributed by atoms with Crippen molar-refractivity contribution in [2.75, 3.05) is 19.6 Å². The Morgan fingerprint density at radius 1 is 1.00 bits per heavy atom. The fourth-order valence-electron chi connectivity index (χ4n) is 3.28. The summed E-state index contributed by atoms with van der Waals surface area (Å²) in [5.41, 5.74) is 2.18. The number of hydrogen-bond acceptors (Lipinski definition) is 4. The molecule has 1 aromatic heterocycles. The average Bonchev–Trinajstić information content (AvgIpc) is 3.22. The lowest BCUT2D eigenvalue weighted by Crippen LogP contribution is -2.45. The van der Waals surface area contributed by atoms with Crippen LogP contribution in [0.1, 0.15) is 36.4 Å². The maximum atomic E-state index is 12.2. The van der Waals surface area contributed by atoms with E-state index in [4.69, 9.17) is 0 Å². The van der Waals surface area contributed by atoms with E-state index in [2.05, 4.69) is 32.4 Å². The third kappa shape index (κ3) is 5.16. The maximum Gasteiger partial charge on any atom is 0.309 e. The number of hydrogen-bond donors (Lipinski definition) is 2. The van der Waals surface area contributed by atoms with Crippen molar-refractivity contribution in [3.63, 3.8) is 0 Å². The van der Waals surface area contributed by atoms with Crippen LogP contribution < -0.4 is 10.6 Å². The van der Waals surface area contributed by atoms with Crippen LogP contribution in [0.25, 0.3) is 0 Å². The smallest absolute Gasteiger partial charge is 0.309 e. The Balaban J connectivity index is 1.52. The summed E-state index contributed by atoms with van der Waals surface area (Å²) >= 11 is 1.66. The van der Waals surface area contributed by atoms with Crippen molar-refractivity contribution < 1.29 is 9.59 Å². The second kappa shape index (κ2) is 9.50. The summed E-state index contributed by atoms with van der Waals surface area (Å²) in [5, 5.41) is 9.67. The highest BCUT2D eigenvalue weighted by atomic mass is 32.1. The SMILES string of the molecule is O=C(NCc1ccccc1)C(=O)NCC(c1ccsc1)N1CCCCC1. The first-order valence-corrected chi connectivity index (χ1v) is 10.0. The first kappa shape index (κ1) is 18.6. The van der Waals surface area contributed by atoms with Gasteiger partial charge in [0.2, 0.25) is 0 Å². The Labute approximate surface area is 158 Å². The Morgan fingerprint density at radius 3 is 2.42 bits per heavy atom. The molecule has 3 rings (SSSR count). The number of rotatable bonds is 6. The summed E-state index contributed by atoms with van der Waals surface area (Å²) in [4.78, 5) is 26.6. The molecule has 0 bridgehead atoms. The van der Waals surface area contributed by atoms with Crippen LogP contribution in [0.3, 0.4) is 0 Å². The fourth-order valence-corrected chi connectivity index (χ4v) is 3.99. The van der Waals surface area contributed by atoms with Crippen LogP contribution in [0, 0.1) is 0 Å². The van der Waals surface area contributed by atoms with Crippen LogP contribution in [0.5, 0.6) is 0 Å². The molecule has 2 heterocycles. The first-order valence-electron chi connectivity index (χ1n) is 9.10. The van der Waals surface area contributed by atoms with Crippen LogP contribution in [-0.2, 0) is 16.1 Å². The predicted molar refractivity (Wildman–Crippen MR) is 104 cm³/mol. The predicted octanol–water partition coefficient (Wildman–Crippen LogP) is 2.71. The number of likely N-dealkylation sites (tertiary alicyclic amines) is 1. The molecule has 2 aromatic rings. The number of thiophene rings is 1. The molecule has 1 unspecified atom stereocenters. The zero-order valence-electron chi connectivity index (χ0n) is 14.8. The zero-order valence-corrected chi connectivity index (χ0v) is 15.6. The number of amides is 2. The number of benzene rings is 1. The van der Waals surface area contributed by atoms with E-state index in [1.165, 1.54) is 24.8 Å². The van der Waals surface area contributed by atoms with E-state index in [-0.39, 0.29) is 6.04 Å². The minimum absolute atomic E-state index is 0.132. The molecule has 1 atom stereocenters. The van der Waals surface area contributed by atoms with Crippen molar-refractivity contribution in [1.82, 2.24) is 15.5 Å². The van der Waals surface area contributed by atoms with Gasteiger partial charge in [0.05, 0.1) is 6.04 Å². The van der Waals surface area contributed by atoms with Gasteiger partial charge in [-0.15, -0.1) is 0 Å². The van der Waals surface area contributed by atoms with Crippen molar-refractivity contribution in [3.05, 3.63) is 58.3 Å².